The van der Waals surface area contributed by atoms with Crippen LogP contribution in [0.25, 0.3) is 0 Å². The van der Waals surface area contributed by atoms with Crippen LogP contribution < -0.4 is 0 Å². The molecule has 0 saturated heterocycles. The lowest BCUT2D eigenvalue weighted by atomic mass is 10.1. The molecule has 0 spiro atoms. The predicted octanol–water partition coefficient (Wildman–Crippen LogP) is 2.97. The second kappa shape index (κ2) is 3.61. The van der Waals surface area contributed by atoms with Crippen LogP contribution in [0.2, 0.25) is 0 Å². The largest absolute Gasteiger partial charge is 0.362 e. The lowest BCUT2D eigenvalue weighted by molar-refractivity contribution is 0.791. The van der Waals surface area contributed by atoms with Crippen LogP contribution in [-0.2, 0) is 6.42 Å². The number of hydrogen-bond acceptors (Lipinski definition) is 0. The molecule has 1 N–H and O–H groups in total. The van der Waals surface area contributed by atoms with E-state index < -0.39 is 0 Å². The van der Waals surface area contributed by atoms with Crippen molar-refractivity contribution in [3.63, 3.8) is 0 Å². The minimum atomic E-state index is 1.23. The summed E-state index contributed by atoms with van der Waals surface area (Å²) in [5, 5.41) is 0. The number of hydrogen-bond donors (Lipinski definition) is 1. The maximum absolute atomic E-state index is 3.32. The van der Waals surface area contributed by atoms with Gasteiger partial charge in [-0.15, -0.1) is 0 Å². The first-order valence-electron chi connectivity index (χ1n) is 4.39. The van der Waals surface area contributed by atoms with Gasteiger partial charge in [0.05, 0.1) is 0 Å². The van der Waals surface area contributed by atoms with Crippen molar-refractivity contribution in [3.8, 4) is 0 Å². The molecule has 0 aromatic carbocycles. The first kappa shape index (κ1) is 8.38. The second-order valence-corrected chi connectivity index (χ2v) is 3.21. The van der Waals surface area contributed by atoms with Crippen LogP contribution in [0.3, 0.4) is 0 Å². The van der Waals surface area contributed by atoms with Crippen LogP contribution in [0.4, 0.5) is 0 Å². The predicted molar refractivity (Wildman–Crippen MR) is 48.9 cm³/mol. The van der Waals surface area contributed by atoms with Gasteiger partial charge in [-0.2, -0.15) is 0 Å². The van der Waals surface area contributed by atoms with Gasteiger partial charge in [0.25, 0.3) is 0 Å². The van der Waals surface area contributed by atoms with E-state index in [9.17, 15) is 0 Å². The second-order valence-electron chi connectivity index (χ2n) is 3.21. The molecule has 1 nitrogen and oxygen atoms in total. The molecule has 1 rings (SSSR count). The highest BCUT2D eigenvalue weighted by molar-refractivity contribution is 5.24. The summed E-state index contributed by atoms with van der Waals surface area (Å²) >= 11 is 0. The molecule has 0 aliphatic rings. The fourth-order valence-corrected chi connectivity index (χ4v) is 1.41. The van der Waals surface area contributed by atoms with Gasteiger partial charge in [0.1, 0.15) is 0 Å². The molecule has 0 amide bonds. The molecule has 0 fully saturated rings. The van der Waals surface area contributed by atoms with Gasteiger partial charge in [0.2, 0.25) is 0 Å². The van der Waals surface area contributed by atoms with Crippen LogP contribution in [0.5, 0.6) is 0 Å². The van der Waals surface area contributed by atoms with Crippen LogP contribution in [-0.4, -0.2) is 4.98 Å². The number of rotatable bonds is 3. The summed E-state index contributed by atoms with van der Waals surface area (Å²) < 4.78 is 0. The minimum Gasteiger partial charge on any atom is -0.362 e. The summed E-state index contributed by atoms with van der Waals surface area (Å²) in [6.07, 6.45) is 3.81. The Morgan fingerprint density at radius 2 is 2.09 bits per heavy atom. The van der Waals surface area contributed by atoms with Crippen LogP contribution in [0, 0.1) is 13.8 Å². The van der Waals surface area contributed by atoms with E-state index >= 15 is 0 Å². The zero-order valence-electron chi connectivity index (χ0n) is 7.70. The van der Waals surface area contributed by atoms with Crippen LogP contribution in [0.15, 0.2) is 6.07 Å². The summed E-state index contributed by atoms with van der Waals surface area (Å²) in [7, 11) is 0. The lowest BCUT2D eigenvalue weighted by Gasteiger charge is -1.95. The van der Waals surface area contributed by atoms with Crippen molar-refractivity contribution in [3.05, 3.63) is 23.0 Å². The topological polar surface area (TPSA) is 15.8 Å². The van der Waals surface area contributed by atoms with Gasteiger partial charge in [-0.05, 0) is 38.3 Å². The number of unbranched alkanes of at least 4 members (excludes halogenated alkanes) is 1. The molecule has 0 radical (unpaired) electrons. The maximum Gasteiger partial charge on any atom is 0.0150 e. The molecule has 1 aromatic rings. The number of aromatic amines is 1. The molecule has 1 aromatic heterocycles. The molecule has 62 valence electrons. The third-order valence-corrected chi connectivity index (χ3v) is 2.06. The molecule has 0 unspecified atom stereocenters. The Morgan fingerprint density at radius 3 is 2.55 bits per heavy atom. The van der Waals surface area contributed by atoms with E-state index in [0.29, 0.717) is 0 Å². The summed E-state index contributed by atoms with van der Waals surface area (Å²) in [5.41, 5.74) is 4.12. The highest BCUT2D eigenvalue weighted by Gasteiger charge is 1.99. The molecule has 0 bridgehead atoms. The van der Waals surface area contributed by atoms with E-state index in [1.54, 1.807) is 0 Å². The van der Waals surface area contributed by atoms with Crippen LogP contribution >= 0.6 is 0 Å². The van der Waals surface area contributed by atoms with Crippen molar-refractivity contribution >= 4 is 0 Å². The van der Waals surface area contributed by atoms with Crippen molar-refractivity contribution in [2.75, 3.05) is 0 Å². The molecular formula is C10H17N. The van der Waals surface area contributed by atoms with Gasteiger partial charge in [-0.1, -0.05) is 13.3 Å². The van der Waals surface area contributed by atoms with Crippen molar-refractivity contribution in [2.45, 2.75) is 40.0 Å². The van der Waals surface area contributed by atoms with E-state index in [2.05, 4.69) is 31.8 Å². The first-order chi connectivity index (χ1) is 5.24. The summed E-state index contributed by atoms with van der Waals surface area (Å²) in [6, 6.07) is 2.25. The third-order valence-electron chi connectivity index (χ3n) is 2.06. The first-order valence-corrected chi connectivity index (χ1v) is 4.39. The Hall–Kier alpha value is -0.720. The van der Waals surface area contributed by atoms with Crippen LogP contribution in [0.1, 0.15) is 36.7 Å². The van der Waals surface area contributed by atoms with E-state index in [0.717, 1.165) is 0 Å². The normalized spacial score (nSPS) is 10.5. The van der Waals surface area contributed by atoms with E-state index in [1.165, 1.54) is 36.2 Å². The fraction of sp³-hybridized carbons (Fsp3) is 0.600. The molecule has 0 aliphatic carbocycles. The zero-order valence-corrected chi connectivity index (χ0v) is 7.70. The number of aryl methyl sites for hydroxylation is 3. The van der Waals surface area contributed by atoms with E-state index in [-0.39, 0.29) is 0 Å². The summed E-state index contributed by atoms with van der Waals surface area (Å²) in [6.45, 7) is 6.50. The minimum absolute atomic E-state index is 1.23. The molecule has 11 heavy (non-hydrogen) atoms. The smallest absolute Gasteiger partial charge is 0.0150 e. The van der Waals surface area contributed by atoms with E-state index in [1.807, 2.05) is 0 Å². The Bertz CT molecular complexity index is 223. The van der Waals surface area contributed by atoms with Gasteiger partial charge in [-0.3, -0.25) is 0 Å². The average molecular weight is 151 g/mol. The third kappa shape index (κ3) is 2.11. The Morgan fingerprint density at radius 1 is 1.36 bits per heavy atom. The van der Waals surface area contributed by atoms with E-state index in [4.69, 9.17) is 0 Å². The van der Waals surface area contributed by atoms with Gasteiger partial charge in [0.15, 0.2) is 0 Å². The SMILES string of the molecule is CCCCc1cc(C)[nH]c1C. The molecule has 0 atom stereocenters. The van der Waals surface area contributed by atoms with Gasteiger partial charge < -0.3 is 4.98 Å². The quantitative estimate of drug-likeness (QED) is 0.683. The molecular weight excluding hydrogens is 134 g/mol. The van der Waals surface area contributed by atoms with Gasteiger partial charge in [-0.25, -0.2) is 0 Å². The standard InChI is InChI=1S/C10H17N/c1-4-5-6-10-7-8(2)11-9(10)3/h7,11H,4-6H2,1-3H3. The number of H-pyrrole nitrogens is 1. The molecule has 0 saturated carbocycles. The van der Waals surface area contributed by atoms with Gasteiger partial charge >= 0.3 is 0 Å². The molecule has 1 heteroatoms. The highest BCUT2D eigenvalue weighted by atomic mass is 14.7. The summed E-state index contributed by atoms with van der Waals surface area (Å²) in [5.74, 6) is 0. The average Bonchev–Trinajstić information content (AvgIpc) is 2.26. The van der Waals surface area contributed by atoms with Crippen molar-refractivity contribution in [1.82, 2.24) is 4.98 Å². The molecule has 0 aliphatic heterocycles. The van der Waals surface area contributed by atoms with Crippen molar-refractivity contribution < 1.29 is 0 Å². The van der Waals surface area contributed by atoms with Crippen molar-refractivity contribution in [1.29, 1.82) is 0 Å². The Balaban J connectivity index is 2.62. The Kier molecular flexibility index (Phi) is 2.75. The van der Waals surface area contributed by atoms with Crippen molar-refractivity contribution in [2.24, 2.45) is 0 Å². The monoisotopic (exact) mass is 151 g/mol. The number of aromatic nitrogens is 1. The molecule has 1 heterocycles. The highest BCUT2D eigenvalue weighted by Crippen LogP contribution is 2.11. The lowest BCUT2D eigenvalue weighted by Crippen LogP contribution is -1.84. The zero-order chi connectivity index (χ0) is 8.27. The maximum atomic E-state index is 3.32. The fourth-order valence-electron chi connectivity index (χ4n) is 1.41. The Labute approximate surface area is 68.8 Å². The number of nitrogens with one attached hydrogen (secondary N) is 1. The summed E-state index contributed by atoms with van der Waals surface area (Å²) in [4.78, 5) is 3.32. The van der Waals surface area contributed by atoms with Gasteiger partial charge in [0, 0.05) is 11.4 Å².